The number of nitrogens with one attached hydrogen (secondary N) is 3. The lowest BCUT2D eigenvalue weighted by Crippen LogP contribution is -2.32. The molecule has 2 aromatic carbocycles. The maximum Gasteiger partial charge on any atom is 0.258 e. The first-order valence-corrected chi connectivity index (χ1v) is 13.2. The average molecular weight is 553 g/mol. The van der Waals surface area contributed by atoms with Crippen molar-refractivity contribution < 1.29 is 18.8 Å². The Morgan fingerprint density at radius 1 is 0.921 bits per heavy atom. The monoisotopic (exact) mass is 552 g/mol. The second-order valence-electron chi connectivity index (χ2n) is 9.63. The van der Waals surface area contributed by atoms with Gasteiger partial charge >= 0.3 is 0 Å². The van der Waals surface area contributed by atoms with E-state index >= 15 is 4.39 Å². The van der Waals surface area contributed by atoms with Gasteiger partial charge in [-0.05, 0) is 53.3 Å². The smallest absolute Gasteiger partial charge is 0.258 e. The molecule has 0 bridgehead atoms. The molecule has 3 N–H and O–H groups in total. The molecule has 9 nitrogen and oxygen atoms in total. The van der Waals surface area contributed by atoms with Crippen LogP contribution in [0.1, 0.15) is 57.4 Å². The topological polar surface area (TPSA) is 126 Å². The van der Waals surface area contributed by atoms with Crippen molar-refractivity contribution in [1.82, 2.24) is 19.7 Å². The maximum absolute atomic E-state index is 15.0. The van der Waals surface area contributed by atoms with Crippen LogP contribution in [0.15, 0.2) is 48.2 Å². The van der Waals surface area contributed by atoms with Crippen LogP contribution in [-0.4, -0.2) is 38.6 Å². The van der Waals surface area contributed by atoms with Gasteiger partial charge < -0.3 is 5.32 Å². The van der Waals surface area contributed by atoms with Crippen LogP contribution in [-0.2, 0) is 0 Å². The maximum atomic E-state index is 15.0. The van der Waals surface area contributed by atoms with Gasteiger partial charge in [-0.15, -0.1) is 11.3 Å². The molecule has 2 heterocycles. The van der Waals surface area contributed by atoms with E-state index in [1.807, 2.05) is 20.8 Å². The summed E-state index contributed by atoms with van der Waals surface area (Å²) in [4.78, 5) is 47.0. The first kappa shape index (κ1) is 27.0. The van der Waals surface area contributed by atoms with Gasteiger partial charge in [0.1, 0.15) is 12.1 Å². The molecule has 3 amide bonds. The number of thiazole rings is 1. The van der Waals surface area contributed by atoms with Crippen LogP contribution in [0.25, 0.3) is 11.1 Å². The Hall–Kier alpha value is -4.03. The number of hydrogen-bond acceptors (Lipinski definition) is 8. The highest BCUT2D eigenvalue weighted by molar-refractivity contribution is 7.13. The van der Waals surface area contributed by atoms with Crippen molar-refractivity contribution in [2.45, 2.75) is 27.7 Å². The first-order valence-electron chi connectivity index (χ1n) is 11.5. The summed E-state index contributed by atoms with van der Waals surface area (Å²) in [7, 11) is 0. The number of aromatic nitrogens is 3. The molecule has 0 spiro atoms. The summed E-state index contributed by atoms with van der Waals surface area (Å²) in [5.41, 5.74) is 1.23. The Morgan fingerprint density at radius 2 is 1.68 bits per heavy atom. The number of halogens is 1. The normalized spacial score (nSPS) is 11.2. The van der Waals surface area contributed by atoms with Crippen molar-refractivity contribution in [3.63, 3.8) is 0 Å². The SMILES string of the molecule is Cc1c(F)cc(C(=O)Nc2ncns2)cc1-c1ccc(C(=O)NCC(C)(C)C)cc1C(=O)Nc1nccs1. The molecular formula is C26H25FN6O3S2. The van der Waals surface area contributed by atoms with Gasteiger partial charge in [0.2, 0.25) is 5.13 Å². The lowest BCUT2D eigenvalue weighted by atomic mass is 9.91. The molecule has 0 aliphatic heterocycles. The fraction of sp³-hybridized carbons (Fsp3) is 0.231. The number of anilines is 2. The van der Waals surface area contributed by atoms with Gasteiger partial charge in [-0.2, -0.15) is 4.37 Å². The first-order chi connectivity index (χ1) is 18.0. The number of amides is 3. The summed E-state index contributed by atoms with van der Waals surface area (Å²) in [6.45, 7) is 7.98. The van der Waals surface area contributed by atoms with E-state index < -0.39 is 17.6 Å². The molecule has 4 rings (SSSR count). The van der Waals surface area contributed by atoms with Crippen molar-refractivity contribution in [3.05, 3.63) is 76.3 Å². The summed E-state index contributed by atoms with van der Waals surface area (Å²) < 4.78 is 18.9. The predicted octanol–water partition coefficient (Wildman–Crippen LogP) is 5.39. The van der Waals surface area contributed by atoms with E-state index in [2.05, 4.69) is 30.3 Å². The van der Waals surface area contributed by atoms with E-state index in [4.69, 9.17) is 0 Å². The molecule has 38 heavy (non-hydrogen) atoms. The van der Waals surface area contributed by atoms with Crippen molar-refractivity contribution in [2.24, 2.45) is 5.41 Å². The molecule has 0 aliphatic carbocycles. The molecule has 0 fully saturated rings. The van der Waals surface area contributed by atoms with E-state index in [1.165, 1.54) is 29.8 Å². The minimum atomic E-state index is -0.622. The van der Waals surface area contributed by atoms with Gasteiger partial charge in [0.15, 0.2) is 5.13 Å². The van der Waals surface area contributed by atoms with Crippen molar-refractivity contribution in [2.75, 3.05) is 17.2 Å². The molecule has 196 valence electrons. The van der Waals surface area contributed by atoms with Crippen molar-refractivity contribution >= 4 is 50.9 Å². The summed E-state index contributed by atoms with van der Waals surface area (Å²) in [6.07, 6.45) is 2.85. The van der Waals surface area contributed by atoms with Gasteiger partial charge in [-0.3, -0.25) is 25.0 Å². The van der Waals surface area contributed by atoms with Crippen molar-refractivity contribution in [1.29, 1.82) is 0 Å². The Kier molecular flexibility index (Phi) is 7.93. The minimum absolute atomic E-state index is 0.0385. The molecule has 4 aromatic rings. The van der Waals surface area contributed by atoms with Crippen molar-refractivity contribution in [3.8, 4) is 11.1 Å². The highest BCUT2D eigenvalue weighted by Crippen LogP contribution is 2.32. The second-order valence-corrected chi connectivity index (χ2v) is 11.3. The minimum Gasteiger partial charge on any atom is -0.352 e. The third-order valence-corrected chi connectivity index (χ3v) is 6.71. The average Bonchev–Trinajstić information content (AvgIpc) is 3.58. The summed E-state index contributed by atoms with van der Waals surface area (Å²) in [5.74, 6) is -2.07. The Labute approximate surface area is 226 Å². The predicted molar refractivity (Wildman–Crippen MR) is 146 cm³/mol. The van der Waals surface area contributed by atoms with E-state index in [-0.39, 0.29) is 38.7 Å². The Morgan fingerprint density at radius 3 is 2.34 bits per heavy atom. The molecule has 12 heteroatoms. The van der Waals surface area contributed by atoms with Gasteiger partial charge in [0.25, 0.3) is 17.7 Å². The summed E-state index contributed by atoms with van der Waals surface area (Å²) in [5, 5.41) is 10.5. The molecule has 2 aromatic heterocycles. The van der Waals surface area contributed by atoms with Gasteiger partial charge in [0, 0.05) is 46.3 Å². The highest BCUT2D eigenvalue weighted by atomic mass is 32.1. The number of nitrogens with zero attached hydrogens (tertiary/aromatic N) is 3. The van der Waals surface area contributed by atoms with Crippen LogP contribution in [0.5, 0.6) is 0 Å². The van der Waals surface area contributed by atoms with Crippen LogP contribution in [0.3, 0.4) is 0 Å². The zero-order valence-electron chi connectivity index (χ0n) is 21.1. The Bertz CT molecular complexity index is 1480. The quantitative estimate of drug-likeness (QED) is 0.282. The molecule has 0 unspecified atom stereocenters. The fourth-order valence-corrected chi connectivity index (χ4v) is 4.44. The van der Waals surface area contributed by atoms with Crippen LogP contribution in [0, 0.1) is 18.2 Å². The lowest BCUT2D eigenvalue weighted by molar-refractivity contribution is 0.0938. The van der Waals surface area contributed by atoms with Crippen LogP contribution >= 0.6 is 22.9 Å². The standard InChI is InChI=1S/C26H25FN6O3S2/c1-14-18(10-16(11-20(14)27)22(35)32-25-30-13-31-38-25)17-6-5-15(21(34)29-12-26(2,3)4)9-19(17)23(36)33-24-28-7-8-37-24/h5-11,13H,12H2,1-4H3,(H,29,34)(H,28,33,36)(H,30,31,32,35). The third-order valence-electron chi connectivity index (χ3n) is 5.44. The van der Waals surface area contributed by atoms with Crippen LogP contribution in [0.4, 0.5) is 14.7 Å². The van der Waals surface area contributed by atoms with Crippen LogP contribution < -0.4 is 16.0 Å². The zero-order chi connectivity index (χ0) is 27.4. The molecule has 0 saturated carbocycles. The zero-order valence-corrected chi connectivity index (χ0v) is 22.7. The second kappa shape index (κ2) is 11.2. The molecule has 0 saturated heterocycles. The molecule has 0 aliphatic rings. The third kappa shape index (κ3) is 6.45. The summed E-state index contributed by atoms with van der Waals surface area (Å²) >= 11 is 2.23. The number of carbonyl (C=O) groups is 3. The van der Waals surface area contributed by atoms with Gasteiger partial charge in [0.05, 0.1) is 0 Å². The lowest BCUT2D eigenvalue weighted by Gasteiger charge is -2.19. The fourth-order valence-electron chi connectivity index (χ4n) is 3.49. The highest BCUT2D eigenvalue weighted by Gasteiger charge is 2.22. The summed E-state index contributed by atoms with van der Waals surface area (Å²) in [6, 6.07) is 7.24. The van der Waals surface area contributed by atoms with E-state index in [9.17, 15) is 14.4 Å². The molecule has 0 atom stereocenters. The number of rotatable bonds is 7. The Balaban J connectivity index is 1.76. The number of hydrogen-bond donors (Lipinski definition) is 3. The number of carbonyl (C=O) groups excluding carboxylic acids is 3. The number of benzene rings is 2. The molecule has 0 radical (unpaired) electrons. The molecular weight excluding hydrogens is 527 g/mol. The van der Waals surface area contributed by atoms with E-state index in [0.29, 0.717) is 22.8 Å². The largest absolute Gasteiger partial charge is 0.352 e. The van der Waals surface area contributed by atoms with E-state index in [1.54, 1.807) is 30.6 Å². The van der Waals surface area contributed by atoms with Gasteiger partial charge in [-0.1, -0.05) is 26.8 Å². The van der Waals surface area contributed by atoms with E-state index in [0.717, 1.165) is 17.6 Å². The van der Waals surface area contributed by atoms with Gasteiger partial charge in [-0.25, -0.2) is 14.4 Å². The van der Waals surface area contributed by atoms with Crippen LogP contribution in [0.2, 0.25) is 0 Å².